The smallest absolute Gasteiger partial charge is 0.269 e. The van der Waals surface area contributed by atoms with Crippen LogP contribution in [0.4, 0.5) is 5.69 Å². The van der Waals surface area contributed by atoms with E-state index in [0.29, 0.717) is 12.1 Å². The number of nitrogens with one attached hydrogen (secondary N) is 2. The highest BCUT2D eigenvalue weighted by Gasteiger charge is 2.14. The lowest BCUT2D eigenvalue weighted by Gasteiger charge is -2.13. The Kier molecular flexibility index (Phi) is 6.19. The molecule has 23 heavy (non-hydrogen) atoms. The van der Waals surface area contributed by atoms with E-state index < -0.39 is 10.3 Å². The first kappa shape index (κ1) is 18.0. The molecule has 3 N–H and O–H groups in total. The van der Waals surface area contributed by atoms with Gasteiger partial charge in [-0.25, -0.2) is 4.98 Å². The molecule has 0 aliphatic rings. The second-order valence-electron chi connectivity index (χ2n) is 4.77. The zero-order valence-corrected chi connectivity index (χ0v) is 14.8. The van der Waals surface area contributed by atoms with Crippen molar-refractivity contribution in [1.29, 1.82) is 0 Å². The second-order valence-corrected chi connectivity index (χ2v) is 7.07. The SMILES string of the molecule is C/C=C/c1nc([C@H](Cc2ccc(NS(=O)(=O)O)cc2)NS)cs1. The highest BCUT2D eigenvalue weighted by molar-refractivity contribution is 7.87. The average molecular weight is 372 g/mol. The zero-order chi connectivity index (χ0) is 16.9. The van der Waals surface area contributed by atoms with Crippen LogP contribution in [0.5, 0.6) is 0 Å². The van der Waals surface area contributed by atoms with Crippen LogP contribution >= 0.6 is 24.2 Å². The number of aromatic nitrogens is 1. The van der Waals surface area contributed by atoms with Gasteiger partial charge < -0.3 is 0 Å². The molecule has 1 atom stereocenters. The Bertz CT molecular complexity index is 770. The van der Waals surface area contributed by atoms with Gasteiger partial charge in [0.2, 0.25) is 0 Å². The number of hydrogen-bond donors (Lipinski definition) is 4. The molecule has 2 rings (SSSR count). The van der Waals surface area contributed by atoms with Crippen molar-refractivity contribution >= 4 is 46.2 Å². The molecule has 6 nitrogen and oxygen atoms in total. The van der Waals surface area contributed by atoms with Crippen LogP contribution < -0.4 is 9.44 Å². The van der Waals surface area contributed by atoms with Gasteiger partial charge in [-0.3, -0.25) is 14.0 Å². The Labute approximate surface area is 145 Å². The van der Waals surface area contributed by atoms with E-state index in [9.17, 15) is 8.42 Å². The summed E-state index contributed by atoms with van der Waals surface area (Å²) in [6.07, 6.45) is 4.53. The highest BCUT2D eigenvalue weighted by atomic mass is 32.2. The summed E-state index contributed by atoms with van der Waals surface area (Å²) in [6.45, 7) is 1.94. The molecule has 0 saturated heterocycles. The van der Waals surface area contributed by atoms with Crippen molar-refractivity contribution in [2.75, 3.05) is 4.72 Å². The Hall–Kier alpha value is -1.39. The summed E-state index contributed by atoms with van der Waals surface area (Å²) >= 11 is 5.73. The molecule has 2 aromatic rings. The number of thiol groups is 1. The standard InChI is InChI=1S/C14H17N3O3S3/c1-2-3-14-15-13(9-22-14)12(16-21)8-10-4-6-11(7-5-10)17-23(18,19)20/h2-7,9,12,16-17,21H,8H2,1H3,(H,18,19,20)/b3-2+/t12-/m0/s1. The van der Waals surface area contributed by atoms with Gasteiger partial charge in [0.25, 0.3) is 0 Å². The summed E-state index contributed by atoms with van der Waals surface area (Å²) in [5.41, 5.74) is 2.19. The molecule has 0 amide bonds. The number of benzene rings is 1. The summed E-state index contributed by atoms with van der Waals surface area (Å²) in [6, 6.07) is 6.68. The lowest BCUT2D eigenvalue weighted by Crippen LogP contribution is -2.15. The van der Waals surface area contributed by atoms with Gasteiger partial charge in [0, 0.05) is 5.38 Å². The number of allylic oxidation sites excluding steroid dienone is 1. The molecule has 0 unspecified atom stereocenters. The number of thiazole rings is 1. The molecule has 124 valence electrons. The second kappa shape index (κ2) is 7.93. The molecule has 0 aliphatic carbocycles. The van der Waals surface area contributed by atoms with E-state index in [2.05, 4.69) is 22.5 Å². The van der Waals surface area contributed by atoms with Crippen molar-refractivity contribution < 1.29 is 13.0 Å². The zero-order valence-electron chi connectivity index (χ0n) is 12.3. The average Bonchev–Trinajstić information content (AvgIpc) is 2.94. The van der Waals surface area contributed by atoms with Gasteiger partial charge in [-0.05, 0) is 37.1 Å². The minimum atomic E-state index is -4.25. The largest absolute Gasteiger partial charge is 0.357 e. The highest BCUT2D eigenvalue weighted by Crippen LogP contribution is 2.23. The predicted molar refractivity (Wildman–Crippen MR) is 97.0 cm³/mol. The van der Waals surface area contributed by atoms with Crippen LogP contribution in [0.15, 0.2) is 35.7 Å². The molecule has 9 heteroatoms. The molecule has 0 aliphatic heterocycles. The molecule has 0 spiro atoms. The minimum absolute atomic E-state index is 0.0611. The maximum Gasteiger partial charge on any atom is 0.357 e. The molecule has 0 saturated carbocycles. The first-order valence-corrected chi connectivity index (χ1v) is 9.50. The molecule has 1 heterocycles. The lowest BCUT2D eigenvalue weighted by atomic mass is 10.0. The molecule has 0 bridgehead atoms. The maximum atomic E-state index is 10.8. The monoisotopic (exact) mass is 371 g/mol. The molecule has 0 fully saturated rings. The molecule has 1 aromatic carbocycles. The van der Waals surface area contributed by atoms with Gasteiger partial charge in [0.15, 0.2) is 0 Å². The number of hydrogen-bond acceptors (Lipinski definition) is 6. The van der Waals surface area contributed by atoms with E-state index in [0.717, 1.165) is 16.3 Å². The van der Waals surface area contributed by atoms with E-state index in [1.165, 1.54) is 0 Å². The van der Waals surface area contributed by atoms with Gasteiger partial charge in [0.1, 0.15) is 5.01 Å². The Morgan fingerprint density at radius 1 is 1.39 bits per heavy atom. The molecule has 1 aromatic heterocycles. The van der Waals surface area contributed by atoms with Crippen molar-refractivity contribution in [3.63, 3.8) is 0 Å². The first-order chi connectivity index (χ1) is 10.9. The van der Waals surface area contributed by atoms with Gasteiger partial charge in [-0.15, -0.1) is 11.3 Å². The molecule has 0 radical (unpaired) electrons. The molecular weight excluding hydrogens is 354 g/mol. The third kappa shape index (κ3) is 5.63. The predicted octanol–water partition coefficient (Wildman–Crippen LogP) is 3.11. The number of anilines is 1. The quantitative estimate of drug-likeness (QED) is 0.443. The first-order valence-electron chi connectivity index (χ1n) is 6.73. The van der Waals surface area contributed by atoms with E-state index in [1.807, 2.05) is 29.2 Å². The van der Waals surface area contributed by atoms with Crippen molar-refractivity contribution in [2.45, 2.75) is 19.4 Å². The van der Waals surface area contributed by atoms with Gasteiger partial charge in [-0.1, -0.05) is 31.0 Å². The maximum absolute atomic E-state index is 10.8. The third-order valence-corrected chi connectivity index (χ3v) is 4.64. The van der Waals surface area contributed by atoms with Crippen molar-refractivity contribution in [2.24, 2.45) is 0 Å². The fraction of sp³-hybridized carbons (Fsp3) is 0.214. The van der Waals surface area contributed by atoms with Crippen LogP contribution in [-0.4, -0.2) is 18.0 Å². The van der Waals surface area contributed by atoms with Crippen LogP contribution in [0.3, 0.4) is 0 Å². The van der Waals surface area contributed by atoms with Crippen LogP contribution in [0.2, 0.25) is 0 Å². The van der Waals surface area contributed by atoms with Crippen molar-refractivity contribution in [1.82, 2.24) is 9.71 Å². The third-order valence-electron chi connectivity index (χ3n) is 3.00. The van der Waals surface area contributed by atoms with Crippen LogP contribution in [0.1, 0.15) is 29.2 Å². The van der Waals surface area contributed by atoms with E-state index >= 15 is 0 Å². The minimum Gasteiger partial charge on any atom is -0.269 e. The Morgan fingerprint density at radius 3 is 2.65 bits per heavy atom. The lowest BCUT2D eigenvalue weighted by molar-refractivity contribution is 0.489. The van der Waals surface area contributed by atoms with Gasteiger partial charge >= 0.3 is 10.3 Å². The molecular formula is C14H17N3O3S3. The van der Waals surface area contributed by atoms with E-state index in [1.54, 1.807) is 35.6 Å². The summed E-state index contributed by atoms with van der Waals surface area (Å²) in [7, 11) is -4.25. The van der Waals surface area contributed by atoms with Gasteiger partial charge in [-0.2, -0.15) is 8.42 Å². The van der Waals surface area contributed by atoms with E-state index in [-0.39, 0.29) is 6.04 Å². The van der Waals surface area contributed by atoms with Crippen LogP contribution in [0, 0.1) is 0 Å². The van der Waals surface area contributed by atoms with Crippen LogP contribution in [0.25, 0.3) is 6.08 Å². The summed E-state index contributed by atoms with van der Waals surface area (Å²) in [4.78, 5) is 4.53. The van der Waals surface area contributed by atoms with Crippen LogP contribution in [-0.2, 0) is 16.7 Å². The normalized spacial score (nSPS) is 13.3. The van der Waals surface area contributed by atoms with Gasteiger partial charge in [0.05, 0.1) is 17.4 Å². The number of nitrogens with zero attached hydrogens (tertiary/aromatic N) is 1. The number of rotatable bonds is 7. The summed E-state index contributed by atoms with van der Waals surface area (Å²) < 4.78 is 35.2. The Balaban J connectivity index is 2.09. The fourth-order valence-corrected chi connectivity index (χ4v) is 3.48. The van der Waals surface area contributed by atoms with E-state index in [4.69, 9.17) is 4.55 Å². The summed E-state index contributed by atoms with van der Waals surface area (Å²) in [5.74, 6) is 0. The Morgan fingerprint density at radius 2 is 2.09 bits per heavy atom. The topological polar surface area (TPSA) is 91.3 Å². The van der Waals surface area contributed by atoms with Crippen molar-refractivity contribution in [3.05, 3.63) is 52.0 Å². The fourth-order valence-electron chi connectivity index (χ4n) is 1.99. The van der Waals surface area contributed by atoms with Crippen molar-refractivity contribution in [3.8, 4) is 0 Å². The summed E-state index contributed by atoms with van der Waals surface area (Å²) in [5, 5.41) is 2.92.